The first-order chi connectivity index (χ1) is 9.31. The molecule has 0 aliphatic heterocycles. The highest BCUT2D eigenvalue weighted by molar-refractivity contribution is 7.89. The van der Waals surface area contributed by atoms with E-state index in [4.69, 9.17) is 11.6 Å². The van der Waals surface area contributed by atoms with Gasteiger partial charge in [0.15, 0.2) is 0 Å². The third-order valence-electron chi connectivity index (χ3n) is 3.09. The summed E-state index contributed by atoms with van der Waals surface area (Å²) in [6.45, 7) is 3.63. The van der Waals surface area contributed by atoms with Crippen LogP contribution in [-0.2, 0) is 23.6 Å². The van der Waals surface area contributed by atoms with Crippen LogP contribution in [0, 0.1) is 13.8 Å². The Hall–Kier alpha value is -1.37. The number of nitrogens with one attached hydrogen (secondary N) is 1. The molecule has 2 aromatic rings. The van der Waals surface area contributed by atoms with Gasteiger partial charge in [0, 0.05) is 18.6 Å². The van der Waals surface area contributed by atoms with E-state index in [0.717, 1.165) is 5.56 Å². The van der Waals surface area contributed by atoms with Gasteiger partial charge < -0.3 is 0 Å². The third kappa shape index (κ3) is 3.03. The van der Waals surface area contributed by atoms with Gasteiger partial charge in [0.1, 0.15) is 4.90 Å². The summed E-state index contributed by atoms with van der Waals surface area (Å²) in [5, 5.41) is 4.74. The molecule has 2 rings (SSSR count). The molecule has 0 saturated heterocycles. The van der Waals surface area contributed by atoms with Crippen LogP contribution in [0.4, 0.5) is 0 Å². The smallest absolute Gasteiger partial charge is 0.244 e. The van der Waals surface area contributed by atoms with Gasteiger partial charge >= 0.3 is 0 Å². The quantitative estimate of drug-likeness (QED) is 0.941. The van der Waals surface area contributed by atoms with E-state index in [1.807, 2.05) is 0 Å². The molecule has 0 aliphatic rings. The van der Waals surface area contributed by atoms with Gasteiger partial charge in [0.05, 0.1) is 11.4 Å². The highest BCUT2D eigenvalue weighted by atomic mass is 35.5. The summed E-state index contributed by atoms with van der Waals surface area (Å²) in [4.78, 5) is 0.244. The Morgan fingerprint density at radius 3 is 2.35 bits per heavy atom. The Balaban J connectivity index is 2.21. The van der Waals surface area contributed by atoms with Gasteiger partial charge in [-0.1, -0.05) is 23.7 Å². The van der Waals surface area contributed by atoms with Crippen LogP contribution >= 0.6 is 11.6 Å². The molecule has 0 saturated carbocycles. The maximum absolute atomic E-state index is 12.3. The maximum Gasteiger partial charge on any atom is 0.244 e. The number of hydrogen-bond acceptors (Lipinski definition) is 3. The van der Waals surface area contributed by atoms with Gasteiger partial charge in [-0.2, -0.15) is 5.10 Å². The molecule has 108 valence electrons. The molecular formula is C13H16ClN3O2S. The van der Waals surface area contributed by atoms with Crippen LogP contribution in [0.1, 0.15) is 17.0 Å². The summed E-state index contributed by atoms with van der Waals surface area (Å²) in [5.74, 6) is 0. The van der Waals surface area contributed by atoms with Crippen LogP contribution in [0.25, 0.3) is 0 Å². The van der Waals surface area contributed by atoms with Crippen LogP contribution in [-0.4, -0.2) is 18.2 Å². The fraction of sp³-hybridized carbons (Fsp3) is 0.308. The van der Waals surface area contributed by atoms with E-state index in [1.54, 1.807) is 49.8 Å². The molecule has 1 N–H and O–H groups in total. The van der Waals surface area contributed by atoms with Gasteiger partial charge in [0.25, 0.3) is 0 Å². The second-order valence-electron chi connectivity index (χ2n) is 4.57. The van der Waals surface area contributed by atoms with Gasteiger partial charge in [-0.25, -0.2) is 13.1 Å². The number of benzene rings is 1. The minimum absolute atomic E-state index is 0.216. The minimum atomic E-state index is -3.58. The van der Waals surface area contributed by atoms with Crippen molar-refractivity contribution in [1.29, 1.82) is 0 Å². The Morgan fingerprint density at radius 1 is 1.25 bits per heavy atom. The van der Waals surface area contributed by atoms with E-state index in [9.17, 15) is 8.42 Å². The standard InChI is InChI=1S/C13H16ClN3O2S/c1-9-13(10(2)17(3)16-9)20(18,19)15-8-11-4-6-12(14)7-5-11/h4-7,15H,8H2,1-3H3. The lowest BCUT2D eigenvalue weighted by Crippen LogP contribution is -2.24. The molecule has 0 aliphatic carbocycles. The van der Waals surface area contributed by atoms with Crippen LogP contribution < -0.4 is 4.72 Å². The van der Waals surface area contributed by atoms with Crippen molar-refractivity contribution in [2.45, 2.75) is 25.3 Å². The van der Waals surface area contributed by atoms with Crippen LogP contribution in [0.2, 0.25) is 5.02 Å². The molecule has 0 bridgehead atoms. The van der Waals surface area contributed by atoms with Crippen LogP contribution in [0.5, 0.6) is 0 Å². The van der Waals surface area contributed by atoms with Gasteiger partial charge in [-0.15, -0.1) is 0 Å². The number of nitrogens with zero attached hydrogens (tertiary/aromatic N) is 2. The molecule has 20 heavy (non-hydrogen) atoms. The topological polar surface area (TPSA) is 64.0 Å². The first-order valence-corrected chi connectivity index (χ1v) is 7.91. The van der Waals surface area contributed by atoms with Gasteiger partial charge in [0.2, 0.25) is 10.0 Å². The van der Waals surface area contributed by atoms with Crippen molar-refractivity contribution < 1.29 is 8.42 Å². The zero-order valence-electron chi connectivity index (χ0n) is 11.5. The molecule has 5 nitrogen and oxygen atoms in total. The van der Waals surface area contributed by atoms with Crippen molar-refractivity contribution in [3.05, 3.63) is 46.2 Å². The average molecular weight is 314 g/mol. The van der Waals surface area contributed by atoms with E-state index in [2.05, 4.69) is 9.82 Å². The maximum atomic E-state index is 12.3. The van der Waals surface area contributed by atoms with Crippen LogP contribution in [0.3, 0.4) is 0 Å². The highest BCUT2D eigenvalue weighted by Gasteiger charge is 2.23. The first-order valence-electron chi connectivity index (χ1n) is 6.05. The Morgan fingerprint density at radius 2 is 1.85 bits per heavy atom. The molecular weight excluding hydrogens is 298 g/mol. The first kappa shape index (κ1) is 15.0. The van der Waals surface area contributed by atoms with E-state index in [-0.39, 0.29) is 11.4 Å². The number of aryl methyl sites for hydroxylation is 2. The highest BCUT2D eigenvalue weighted by Crippen LogP contribution is 2.18. The molecule has 0 spiro atoms. The molecule has 0 fully saturated rings. The molecule has 7 heteroatoms. The summed E-state index contributed by atoms with van der Waals surface area (Å²) in [6, 6.07) is 7.03. The predicted molar refractivity (Wildman–Crippen MR) is 78.2 cm³/mol. The molecule has 0 atom stereocenters. The van der Waals surface area contributed by atoms with E-state index in [0.29, 0.717) is 16.4 Å². The minimum Gasteiger partial charge on any atom is -0.271 e. The number of aromatic nitrogens is 2. The molecule has 0 amide bonds. The van der Waals surface area contributed by atoms with Crippen molar-refractivity contribution in [3.63, 3.8) is 0 Å². The fourth-order valence-electron chi connectivity index (χ4n) is 2.00. The Labute approximate surface area is 123 Å². The van der Waals surface area contributed by atoms with Crippen molar-refractivity contribution in [2.75, 3.05) is 0 Å². The van der Waals surface area contributed by atoms with Crippen molar-refractivity contribution in [2.24, 2.45) is 7.05 Å². The molecule has 1 aromatic carbocycles. The van der Waals surface area contributed by atoms with Crippen molar-refractivity contribution >= 4 is 21.6 Å². The molecule has 1 aromatic heterocycles. The van der Waals surface area contributed by atoms with Crippen LogP contribution in [0.15, 0.2) is 29.2 Å². The zero-order chi connectivity index (χ0) is 14.9. The van der Waals surface area contributed by atoms with E-state index in [1.165, 1.54) is 0 Å². The predicted octanol–water partition coefficient (Wildman–Crippen LogP) is 2.17. The Kier molecular flexibility index (Phi) is 4.17. The zero-order valence-corrected chi connectivity index (χ0v) is 13.1. The van der Waals surface area contributed by atoms with Gasteiger partial charge in [-0.3, -0.25) is 4.68 Å². The largest absolute Gasteiger partial charge is 0.271 e. The molecule has 0 radical (unpaired) electrons. The summed E-state index contributed by atoms with van der Waals surface area (Å²) < 4.78 is 28.8. The lowest BCUT2D eigenvalue weighted by Gasteiger charge is -2.07. The summed E-state index contributed by atoms with van der Waals surface area (Å²) in [6.07, 6.45) is 0. The van der Waals surface area contributed by atoms with Crippen molar-refractivity contribution in [3.8, 4) is 0 Å². The number of rotatable bonds is 4. The van der Waals surface area contributed by atoms with Gasteiger partial charge in [-0.05, 0) is 31.5 Å². The van der Waals surface area contributed by atoms with E-state index >= 15 is 0 Å². The van der Waals surface area contributed by atoms with Crippen molar-refractivity contribution in [1.82, 2.24) is 14.5 Å². The average Bonchev–Trinajstić information content (AvgIpc) is 2.63. The second kappa shape index (κ2) is 5.55. The number of halogens is 1. The monoisotopic (exact) mass is 313 g/mol. The number of hydrogen-bond donors (Lipinski definition) is 1. The summed E-state index contributed by atoms with van der Waals surface area (Å²) >= 11 is 5.79. The lowest BCUT2D eigenvalue weighted by molar-refractivity contribution is 0.579. The number of sulfonamides is 1. The fourth-order valence-corrected chi connectivity index (χ4v) is 3.57. The summed E-state index contributed by atoms with van der Waals surface area (Å²) in [5.41, 5.74) is 1.96. The third-order valence-corrected chi connectivity index (χ3v) is 5.00. The second-order valence-corrected chi connectivity index (χ2v) is 6.71. The van der Waals surface area contributed by atoms with E-state index < -0.39 is 10.0 Å². The lowest BCUT2D eigenvalue weighted by atomic mass is 10.2. The Bertz CT molecular complexity index is 721. The summed E-state index contributed by atoms with van der Waals surface area (Å²) in [7, 11) is -1.85. The molecule has 1 heterocycles. The normalized spacial score (nSPS) is 11.8. The SMILES string of the molecule is Cc1nn(C)c(C)c1S(=O)(=O)NCc1ccc(Cl)cc1. The molecule has 0 unspecified atom stereocenters.